The Morgan fingerprint density at radius 3 is 2.65 bits per heavy atom. The number of aryl methyl sites for hydroxylation is 3. The average Bonchev–Trinajstić information content (AvgIpc) is 2.46. The Labute approximate surface area is 138 Å². The molecular formula is C16H18ClN3O3. The van der Waals surface area contributed by atoms with Gasteiger partial charge in [0.25, 0.3) is 5.56 Å². The predicted molar refractivity (Wildman–Crippen MR) is 89.4 cm³/mol. The number of amides is 1. The molecule has 0 atom stereocenters. The van der Waals surface area contributed by atoms with Crippen molar-refractivity contribution >= 4 is 23.2 Å². The Morgan fingerprint density at radius 1 is 1.35 bits per heavy atom. The van der Waals surface area contributed by atoms with E-state index in [-0.39, 0.29) is 17.9 Å². The van der Waals surface area contributed by atoms with Crippen molar-refractivity contribution in [1.29, 1.82) is 0 Å². The second-order valence-corrected chi connectivity index (χ2v) is 5.65. The number of ether oxygens (including phenoxy) is 1. The lowest BCUT2D eigenvalue weighted by atomic mass is 10.1. The first kappa shape index (κ1) is 17.0. The van der Waals surface area contributed by atoms with Crippen LogP contribution in [0.25, 0.3) is 0 Å². The largest absolute Gasteiger partial charge is 0.495 e. The molecule has 0 fully saturated rings. The highest BCUT2D eigenvalue weighted by Gasteiger charge is 2.14. The minimum atomic E-state index is -0.329. The molecule has 0 aliphatic heterocycles. The fourth-order valence-electron chi connectivity index (χ4n) is 2.24. The van der Waals surface area contributed by atoms with Crippen LogP contribution < -0.4 is 15.6 Å². The van der Waals surface area contributed by atoms with Crippen molar-refractivity contribution in [2.75, 3.05) is 12.4 Å². The summed E-state index contributed by atoms with van der Waals surface area (Å²) in [4.78, 5) is 31.0. The van der Waals surface area contributed by atoms with Gasteiger partial charge in [-0.15, -0.1) is 0 Å². The number of anilines is 1. The second kappa shape index (κ2) is 6.83. The van der Waals surface area contributed by atoms with Crippen LogP contribution in [0.3, 0.4) is 0 Å². The molecule has 0 unspecified atom stereocenters. The monoisotopic (exact) mass is 335 g/mol. The molecule has 1 aromatic heterocycles. The summed E-state index contributed by atoms with van der Waals surface area (Å²) in [5.41, 5.74) is 1.91. The van der Waals surface area contributed by atoms with Crippen LogP contribution in [0, 0.1) is 20.8 Å². The highest BCUT2D eigenvalue weighted by molar-refractivity contribution is 6.31. The number of nitrogens with one attached hydrogen (secondary N) is 2. The van der Waals surface area contributed by atoms with Crippen LogP contribution in [-0.2, 0) is 11.2 Å². The molecule has 0 saturated carbocycles. The molecule has 0 radical (unpaired) electrons. The number of methoxy groups -OCH3 is 1. The Balaban J connectivity index is 2.24. The van der Waals surface area contributed by atoms with Gasteiger partial charge in [-0.2, -0.15) is 0 Å². The Kier molecular flexibility index (Phi) is 5.05. The van der Waals surface area contributed by atoms with Crippen molar-refractivity contribution in [3.63, 3.8) is 0 Å². The van der Waals surface area contributed by atoms with Gasteiger partial charge in [-0.25, -0.2) is 4.98 Å². The summed E-state index contributed by atoms with van der Waals surface area (Å²) in [6.07, 6.45) is -0.0702. The van der Waals surface area contributed by atoms with Crippen LogP contribution in [0.1, 0.15) is 22.6 Å². The Morgan fingerprint density at radius 2 is 2.04 bits per heavy atom. The molecule has 6 nitrogen and oxygen atoms in total. The van der Waals surface area contributed by atoms with Crippen molar-refractivity contribution in [2.45, 2.75) is 27.2 Å². The summed E-state index contributed by atoms with van der Waals surface area (Å²) in [5.74, 6) is 0.651. The summed E-state index contributed by atoms with van der Waals surface area (Å²) in [6, 6.07) is 3.36. The van der Waals surface area contributed by atoms with E-state index in [1.165, 1.54) is 7.11 Å². The summed E-state index contributed by atoms with van der Waals surface area (Å²) < 4.78 is 5.22. The third kappa shape index (κ3) is 3.90. The fraction of sp³-hybridized carbons (Fsp3) is 0.312. The van der Waals surface area contributed by atoms with E-state index in [2.05, 4.69) is 15.3 Å². The van der Waals surface area contributed by atoms with E-state index in [0.29, 0.717) is 33.5 Å². The summed E-state index contributed by atoms with van der Waals surface area (Å²) in [6.45, 7) is 5.23. The highest BCUT2D eigenvalue weighted by Crippen LogP contribution is 2.30. The zero-order valence-electron chi connectivity index (χ0n) is 13.4. The molecule has 0 saturated heterocycles. The molecule has 23 heavy (non-hydrogen) atoms. The number of aromatic amines is 1. The van der Waals surface area contributed by atoms with E-state index in [4.69, 9.17) is 16.3 Å². The SMILES string of the molecule is COc1cc(Cl)c(C)cc1NC(=O)Cc1c(C)nc(C)[nH]c1=O. The van der Waals surface area contributed by atoms with Gasteiger partial charge in [-0.05, 0) is 32.4 Å². The van der Waals surface area contributed by atoms with Crippen LogP contribution in [0.4, 0.5) is 5.69 Å². The van der Waals surface area contributed by atoms with Gasteiger partial charge >= 0.3 is 0 Å². The van der Waals surface area contributed by atoms with Crippen LogP contribution in [-0.4, -0.2) is 23.0 Å². The van der Waals surface area contributed by atoms with Gasteiger partial charge in [0.15, 0.2) is 0 Å². The molecule has 0 aliphatic carbocycles. The van der Waals surface area contributed by atoms with E-state index < -0.39 is 0 Å². The number of benzene rings is 1. The number of H-pyrrole nitrogens is 1. The minimum Gasteiger partial charge on any atom is -0.495 e. The standard InChI is InChI=1S/C16H18ClN3O3/c1-8-5-13(14(23-4)7-12(8)17)20-15(21)6-11-9(2)18-10(3)19-16(11)22/h5,7H,6H2,1-4H3,(H,20,21)(H,18,19,22). The van der Waals surface area contributed by atoms with Crippen molar-refractivity contribution in [2.24, 2.45) is 0 Å². The van der Waals surface area contributed by atoms with Crippen molar-refractivity contribution in [1.82, 2.24) is 9.97 Å². The lowest BCUT2D eigenvalue weighted by Crippen LogP contribution is -2.24. The first-order valence-electron chi connectivity index (χ1n) is 7.02. The maximum atomic E-state index is 12.3. The maximum Gasteiger partial charge on any atom is 0.254 e. The second-order valence-electron chi connectivity index (χ2n) is 5.24. The van der Waals surface area contributed by atoms with Crippen LogP contribution >= 0.6 is 11.6 Å². The molecule has 0 aliphatic rings. The zero-order chi connectivity index (χ0) is 17.1. The zero-order valence-corrected chi connectivity index (χ0v) is 14.2. The molecule has 2 N–H and O–H groups in total. The van der Waals surface area contributed by atoms with Crippen molar-refractivity contribution in [3.8, 4) is 5.75 Å². The molecule has 0 spiro atoms. The fourth-order valence-corrected chi connectivity index (χ4v) is 2.40. The van der Waals surface area contributed by atoms with Gasteiger partial charge in [0.1, 0.15) is 11.6 Å². The molecule has 7 heteroatoms. The van der Waals surface area contributed by atoms with Crippen LogP contribution in [0.2, 0.25) is 5.02 Å². The number of rotatable bonds is 4. The quantitative estimate of drug-likeness (QED) is 0.899. The molecule has 1 amide bonds. The number of carbonyl (C=O) groups excluding carboxylic acids is 1. The Bertz CT molecular complexity index is 815. The van der Waals surface area contributed by atoms with E-state index >= 15 is 0 Å². The van der Waals surface area contributed by atoms with E-state index in [1.807, 2.05) is 6.92 Å². The molecule has 2 aromatic rings. The van der Waals surface area contributed by atoms with Gasteiger partial charge < -0.3 is 15.0 Å². The summed E-state index contributed by atoms with van der Waals surface area (Å²) in [5, 5.41) is 3.29. The lowest BCUT2D eigenvalue weighted by Gasteiger charge is -2.12. The van der Waals surface area contributed by atoms with Crippen molar-refractivity contribution < 1.29 is 9.53 Å². The topological polar surface area (TPSA) is 84.1 Å². The van der Waals surface area contributed by atoms with Gasteiger partial charge in [-0.1, -0.05) is 11.6 Å². The normalized spacial score (nSPS) is 10.5. The average molecular weight is 336 g/mol. The van der Waals surface area contributed by atoms with Crippen molar-refractivity contribution in [3.05, 3.63) is 50.2 Å². The number of carbonyl (C=O) groups is 1. The molecule has 1 heterocycles. The molecule has 2 rings (SSSR count). The predicted octanol–water partition coefficient (Wildman–Crippen LogP) is 2.54. The first-order chi connectivity index (χ1) is 10.8. The van der Waals surface area contributed by atoms with E-state index in [1.54, 1.807) is 26.0 Å². The van der Waals surface area contributed by atoms with Gasteiger partial charge in [-0.3, -0.25) is 9.59 Å². The van der Waals surface area contributed by atoms with E-state index in [9.17, 15) is 9.59 Å². The van der Waals surface area contributed by atoms with Crippen LogP contribution in [0.15, 0.2) is 16.9 Å². The smallest absolute Gasteiger partial charge is 0.254 e. The van der Waals surface area contributed by atoms with Gasteiger partial charge in [0.05, 0.1) is 19.2 Å². The lowest BCUT2D eigenvalue weighted by molar-refractivity contribution is -0.115. The van der Waals surface area contributed by atoms with Gasteiger partial charge in [0, 0.05) is 22.3 Å². The maximum absolute atomic E-state index is 12.3. The summed E-state index contributed by atoms with van der Waals surface area (Å²) in [7, 11) is 1.50. The number of hydrogen-bond acceptors (Lipinski definition) is 4. The minimum absolute atomic E-state index is 0.0702. The molecule has 1 aromatic carbocycles. The van der Waals surface area contributed by atoms with Crippen LogP contribution in [0.5, 0.6) is 5.75 Å². The number of halogens is 1. The number of nitrogens with zero attached hydrogens (tertiary/aromatic N) is 1. The van der Waals surface area contributed by atoms with Gasteiger partial charge in [0.2, 0.25) is 5.91 Å². The molecule has 122 valence electrons. The third-order valence-electron chi connectivity index (χ3n) is 3.43. The first-order valence-corrected chi connectivity index (χ1v) is 7.40. The molecular weight excluding hydrogens is 318 g/mol. The molecule has 0 bridgehead atoms. The number of hydrogen-bond donors (Lipinski definition) is 2. The Hall–Kier alpha value is -2.34. The third-order valence-corrected chi connectivity index (χ3v) is 3.84. The number of aromatic nitrogens is 2. The summed E-state index contributed by atoms with van der Waals surface area (Å²) >= 11 is 6.04. The van der Waals surface area contributed by atoms with E-state index in [0.717, 1.165) is 5.56 Å². The highest BCUT2D eigenvalue weighted by atomic mass is 35.5.